The van der Waals surface area contributed by atoms with E-state index in [-0.39, 0.29) is 12.1 Å². The lowest BCUT2D eigenvalue weighted by atomic mass is 10.2. The summed E-state index contributed by atoms with van der Waals surface area (Å²) >= 11 is 3.48. The van der Waals surface area contributed by atoms with Crippen LogP contribution in [0.4, 0.5) is 4.79 Å². The van der Waals surface area contributed by atoms with Gasteiger partial charge in [0.1, 0.15) is 5.60 Å². The highest BCUT2D eigenvalue weighted by molar-refractivity contribution is 9.10. The SMILES string of the molecule is CC(C)(C)OC(=O)N1CCC[C@@H]1CNCc1cccc(Br)c1. The van der Waals surface area contributed by atoms with Gasteiger partial charge >= 0.3 is 6.09 Å². The number of rotatable bonds is 4. The lowest BCUT2D eigenvalue weighted by Crippen LogP contribution is -2.44. The molecule has 1 aliphatic heterocycles. The summed E-state index contributed by atoms with van der Waals surface area (Å²) in [5.41, 5.74) is 0.796. The van der Waals surface area contributed by atoms with E-state index >= 15 is 0 Å². The molecule has 1 aliphatic rings. The van der Waals surface area contributed by atoms with Gasteiger partial charge in [0.2, 0.25) is 0 Å². The van der Waals surface area contributed by atoms with Crippen molar-refractivity contribution in [1.82, 2.24) is 10.2 Å². The molecule has 0 radical (unpaired) electrons. The Morgan fingerprint density at radius 3 is 2.91 bits per heavy atom. The molecule has 2 rings (SSSR count). The van der Waals surface area contributed by atoms with Crippen LogP contribution < -0.4 is 5.32 Å². The molecule has 1 aromatic carbocycles. The molecule has 4 nitrogen and oxygen atoms in total. The van der Waals surface area contributed by atoms with Crippen LogP contribution in [0.1, 0.15) is 39.2 Å². The Labute approximate surface area is 141 Å². The molecule has 122 valence electrons. The molecular formula is C17H25BrN2O2. The minimum Gasteiger partial charge on any atom is -0.444 e. The first-order valence-corrected chi connectivity index (χ1v) is 8.59. The van der Waals surface area contributed by atoms with E-state index in [1.807, 2.05) is 37.8 Å². The molecule has 5 heteroatoms. The molecule has 0 unspecified atom stereocenters. The van der Waals surface area contributed by atoms with Crippen LogP contribution in [0.15, 0.2) is 28.7 Å². The van der Waals surface area contributed by atoms with Crippen molar-refractivity contribution in [3.8, 4) is 0 Å². The first-order valence-electron chi connectivity index (χ1n) is 7.80. The minimum atomic E-state index is -0.437. The van der Waals surface area contributed by atoms with Gasteiger partial charge in [-0.15, -0.1) is 0 Å². The normalized spacial score (nSPS) is 18.5. The van der Waals surface area contributed by atoms with Crippen LogP contribution in [0.2, 0.25) is 0 Å². The van der Waals surface area contributed by atoms with Crippen LogP contribution in [0.3, 0.4) is 0 Å². The topological polar surface area (TPSA) is 41.6 Å². The molecule has 1 aromatic rings. The summed E-state index contributed by atoms with van der Waals surface area (Å²) < 4.78 is 6.57. The average molecular weight is 369 g/mol. The maximum absolute atomic E-state index is 12.2. The smallest absolute Gasteiger partial charge is 0.410 e. The van der Waals surface area contributed by atoms with Crippen LogP contribution in [-0.4, -0.2) is 35.7 Å². The highest BCUT2D eigenvalue weighted by atomic mass is 79.9. The number of carbonyl (C=O) groups excluding carboxylic acids is 1. The number of likely N-dealkylation sites (tertiary alicyclic amines) is 1. The third-order valence-corrected chi connectivity index (χ3v) is 4.10. The van der Waals surface area contributed by atoms with Crippen molar-refractivity contribution in [2.45, 2.75) is 51.8 Å². The molecular weight excluding hydrogens is 344 g/mol. The van der Waals surface area contributed by atoms with E-state index in [0.29, 0.717) is 0 Å². The maximum Gasteiger partial charge on any atom is 0.410 e. The zero-order valence-electron chi connectivity index (χ0n) is 13.6. The van der Waals surface area contributed by atoms with Crippen molar-refractivity contribution in [3.05, 3.63) is 34.3 Å². The fourth-order valence-electron chi connectivity index (χ4n) is 2.64. The summed E-state index contributed by atoms with van der Waals surface area (Å²) in [7, 11) is 0. The van der Waals surface area contributed by atoms with E-state index in [0.717, 1.165) is 36.9 Å². The molecule has 1 fully saturated rings. The van der Waals surface area contributed by atoms with Gasteiger partial charge in [-0.2, -0.15) is 0 Å². The van der Waals surface area contributed by atoms with E-state index < -0.39 is 5.60 Å². The average Bonchev–Trinajstić information content (AvgIpc) is 2.85. The second-order valence-electron chi connectivity index (χ2n) is 6.73. The van der Waals surface area contributed by atoms with Gasteiger partial charge in [-0.3, -0.25) is 0 Å². The lowest BCUT2D eigenvalue weighted by molar-refractivity contribution is 0.0226. The van der Waals surface area contributed by atoms with Crippen molar-refractivity contribution >= 4 is 22.0 Å². The van der Waals surface area contributed by atoms with Crippen LogP contribution in [0.25, 0.3) is 0 Å². The Morgan fingerprint density at radius 1 is 1.45 bits per heavy atom. The van der Waals surface area contributed by atoms with Crippen LogP contribution in [-0.2, 0) is 11.3 Å². The molecule has 1 atom stereocenters. The summed E-state index contributed by atoms with van der Waals surface area (Å²) in [4.78, 5) is 14.1. The molecule has 0 saturated carbocycles. The summed E-state index contributed by atoms with van der Waals surface area (Å²) in [5.74, 6) is 0. The third-order valence-electron chi connectivity index (χ3n) is 3.60. The van der Waals surface area contributed by atoms with Gasteiger partial charge in [-0.1, -0.05) is 28.1 Å². The molecule has 0 spiro atoms. The van der Waals surface area contributed by atoms with Gasteiger partial charge in [-0.05, 0) is 51.3 Å². The fourth-order valence-corrected chi connectivity index (χ4v) is 3.09. The Bertz CT molecular complexity index is 514. The van der Waals surface area contributed by atoms with Crippen molar-refractivity contribution < 1.29 is 9.53 Å². The van der Waals surface area contributed by atoms with Crippen LogP contribution >= 0.6 is 15.9 Å². The number of ether oxygens (including phenoxy) is 1. The first-order chi connectivity index (χ1) is 10.3. The number of halogens is 1. The number of nitrogens with zero attached hydrogens (tertiary/aromatic N) is 1. The fraction of sp³-hybridized carbons (Fsp3) is 0.588. The number of hydrogen-bond donors (Lipinski definition) is 1. The van der Waals surface area contributed by atoms with Crippen LogP contribution in [0.5, 0.6) is 0 Å². The van der Waals surface area contributed by atoms with Gasteiger partial charge in [0.25, 0.3) is 0 Å². The number of amides is 1. The van der Waals surface area contributed by atoms with Crippen molar-refractivity contribution in [2.75, 3.05) is 13.1 Å². The maximum atomic E-state index is 12.2. The van der Waals surface area contributed by atoms with E-state index in [1.54, 1.807) is 0 Å². The van der Waals surface area contributed by atoms with Crippen molar-refractivity contribution in [1.29, 1.82) is 0 Å². The lowest BCUT2D eigenvalue weighted by Gasteiger charge is -2.28. The second-order valence-corrected chi connectivity index (χ2v) is 7.65. The van der Waals surface area contributed by atoms with Gasteiger partial charge in [0.05, 0.1) is 0 Å². The number of benzene rings is 1. The molecule has 1 saturated heterocycles. The molecule has 1 N–H and O–H groups in total. The first kappa shape index (κ1) is 17.3. The molecule has 1 amide bonds. The summed E-state index contributed by atoms with van der Waals surface area (Å²) in [6, 6.07) is 8.47. The largest absolute Gasteiger partial charge is 0.444 e. The second kappa shape index (κ2) is 7.47. The predicted molar refractivity (Wildman–Crippen MR) is 91.8 cm³/mol. The molecule has 22 heavy (non-hydrogen) atoms. The Kier molecular flexibility index (Phi) is 5.87. The Balaban J connectivity index is 1.82. The van der Waals surface area contributed by atoms with E-state index in [4.69, 9.17) is 4.74 Å². The standard InChI is InChI=1S/C17H25BrN2O2/c1-17(2,3)22-16(21)20-9-5-8-15(20)12-19-11-13-6-4-7-14(18)10-13/h4,6-7,10,15,19H,5,8-9,11-12H2,1-3H3/t15-/m1/s1. The number of nitrogens with one attached hydrogen (secondary N) is 1. The summed E-state index contributed by atoms with van der Waals surface area (Å²) in [6.45, 7) is 8.10. The van der Waals surface area contributed by atoms with Crippen molar-refractivity contribution in [3.63, 3.8) is 0 Å². The monoisotopic (exact) mass is 368 g/mol. The van der Waals surface area contributed by atoms with Gasteiger partial charge in [-0.25, -0.2) is 4.79 Å². The highest BCUT2D eigenvalue weighted by Gasteiger charge is 2.31. The third kappa shape index (κ3) is 5.29. The van der Waals surface area contributed by atoms with Gasteiger partial charge in [0, 0.05) is 30.1 Å². The highest BCUT2D eigenvalue weighted by Crippen LogP contribution is 2.20. The van der Waals surface area contributed by atoms with E-state index in [2.05, 4.69) is 33.4 Å². The zero-order chi connectivity index (χ0) is 16.2. The van der Waals surface area contributed by atoms with Crippen LogP contribution in [0, 0.1) is 0 Å². The molecule has 1 heterocycles. The zero-order valence-corrected chi connectivity index (χ0v) is 15.1. The Hall–Kier alpha value is -1.07. The molecule has 0 bridgehead atoms. The van der Waals surface area contributed by atoms with E-state index in [1.165, 1.54) is 5.56 Å². The Morgan fingerprint density at radius 2 is 2.23 bits per heavy atom. The quantitative estimate of drug-likeness (QED) is 0.874. The van der Waals surface area contributed by atoms with Crippen molar-refractivity contribution in [2.24, 2.45) is 0 Å². The van der Waals surface area contributed by atoms with Gasteiger partial charge < -0.3 is 15.0 Å². The summed E-state index contributed by atoms with van der Waals surface area (Å²) in [5, 5.41) is 3.45. The predicted octanol–water partition coefficient (Wildman–Crippen LogP) is 3.94. The minimum absolute atomic E-state index is 0.195. The van der Waals surface area contributed by atoms with Gasteiger partial charge in [0.15, 0.2) is 0 Å². The summed E-state index contributed by atoms with van der Waals surface area (Å²) in [6.07, 6.45) is 1.88. The molecule has 0 aliphatic carbocycles. The number of hydrogen-bond acceptors (Lipinski definition) is 3. The molecule has 0 aromatic heterocycles. The number of carbonyl (C=O) groups is 1. The van der Waals surface area contributed by atoms with E-state index in [9.17, 15) is 4.79 Å².